The Morgan fingerprint density at radius 1 is 0.926 bits per heavy atom. The SMILES string of the molecule is C[C@]12CC[C@@H]3[C@@H](CCC4CCCC[C@@]43C)[C@@H]1CC(Oc1ccc(Cl)cc1)C2. The number of benzene rings is 1. The standard InChI is InChI=1S/C25H35ClO/c1-24-14-12-22-21(11-6-17-5-3-4-13-25(17,22)2)23(24)15-20(16-24)27-19-9-7-18(26)8-10-19/h7-10,17,20-23H,3-6,11-16H2,1-2H3/t17?,20?,21-,22-,23+,24-,25+/m1/s1. The van der Waals surface area contributed by atoms with Crippen LogP contribution in [0.2, 0.25) is 5.02 Å². The maximum absolute atomic E-state index is 6.44. The predicted molar refractivity (Wildman–Crippen MR) is 112 cm³/mol. The molecule has 148 valence electrons. The van der Waals surface area contributed by atoms with E-state index in [0.29, 0.717) is 16.9 Å². The molecule has 1 aromatic rings. The highest BCUT2D eigenvalue weighted by molar-refractivity contribution is 6.30. The van der Waals surface area contributed by atoms with Crippen molar-refractivity contribution in [2.24, 2.45) is 34.5 Å². The number of fused-ring (bicyclic) bond motifs is 5. The minimum absolute atomic E-state index is 0.386. The topological polar surface area (TPSA) is 9.23 Å². The number of halogens is 1. The number of ether oxygens (including phenoxy) is 1. The van der Waals surface area contributed by atoms with Crippen LogP contribution in [-0.2, 0) is 0 Å². The summed E-state index contributed by atoms with van der Waals surface area (Å²) in [5, 5.41) is 0.787. The summed E-state index contributed by atoms with van der Waals surface area (Å²) in [6.45, 7) is 5.25. The Kier molecular flexibility index (Phi) is 4.54. The molecule has 4 aliphatic carbocycles. The summed E-state index contributed by atoms with van der Waals surface area (Å²) >= 11 is 6.04. The highest BCUT2D eigenvalue weighted by Gasteiger charge is 2.58. The Labute approximate surface area is 170 Å². The van der Waals surface area contributed by atoms with Crippen LogP contribution in [0, 0.1) is 34.5 Å². The zero-order valence-corrected chi connectivity index (χ0v) is 17.8. The van der Waals surface area contributed by atoms with E-state index in [-0.39, 0.29) is 0 Å². The molecule has 0 spiro atoms. The van der Waals surface area contributed by atoms with Gasteiger partial charge in [0.1, 0.15) is 5.75 Å². The van der Waals surface area contributed by atoms with Crippen LogP contribution in [0.5, 0.6) is 5.75 Å². The molecule has 0 bridgehead atoms. The molecular weight excluding hydrogens is 352 g/mol. The van der Waals surface area contributed by atoms with E-state index >= 15 is 0 Å². The fraction of sp³-hybridized carbons (Fsp3) is 0.760. The lowest BCUT2D eigenvalue weighted by atomic mass is 9.45. The summed E-state index contributed by atoms with van der Waals surface area (Å²) in [5.41, 5.74) is 1.13. The molecule has 0 amide bonds. The fourth-order valence-corrected chi connectivity index (χ4v) is 8.21. The predicted octanol–water partition coefficient (Wildman–Crippen LogP) is 7.52. The average Bonchev–Trinajstić information content (AvgIpc) is 2.99. The van der Waals surface area contributed by atoms with Crippen LogP contribution in [0.15, 0.2) is 24.3 Å². The van der Waals surface area contributed by atoms with Crippen molar-refractivity contribution in [2.45, 2.75) is 84.2 Å². The lowest BCUT2D eigenvalue weighted by Crippen LogP contribution is -2.51. The van der Waals surface area contributed by atoms with Gasteiger partial charge >= 0.3 is 0 Å². The van der Waals surface area contributed by atoms with Gasteiger partial charge in [-0.3, -0.25) is 0 Å². The van der Waals surface area contributed by atoms with Crippen molar-refractivity contribution >= 4 is 11.6 Å². The van der Waals surface area contributed by atoms with Crippen molar-refractivity contribution in [3.05, 3.63) is 29.3 Å². The highest BCUT2D eigenvalue weighted by Crippen LogP contribution is 2.66. The molecule has 2 unspecified atom stereocenters. The van der Waals surface area contributed by atoms with E-state index in [1.807, 2.05) is 24.3 Å². The van der Waals surface area contributed by atoms with Crippen molar-refractivity contribution < 1.29 is 4.74 Å². The van der Waals surface area contributed by atoms with Crippen LogP contribution in [0.1, 0.15) is 78.1 Å². The monoisotopic (exact) mass is 386 g/mol. The first kappa shape index (κ1) is 18.3. The van der Waals surface area contributed by atoms with Crippen LogP contribution in [-0.4, -0.2) is 6.10 Å². The van der Waals surface area contributed by atoms with E-state index in [2.05, 4.69) is 13.8 Å². The van der Waals surface area contributed by atoms with E-state index in [1.165, 1.54) is 64.2 Å². The quantitative estimate of drug-likeness (QED) is 0.510. The van der Waals surface area contributed by atoms with Gasteiger partial charge in [-0.1, -0.05) is 38.3 Å². The van der Waals surface area contributed by atoms with Gasteiger partial charge in [0.2, 0.25) is 0 Å². The lowest BCUT2D eigenvalue weighted by Gasteiger charge is -2.59. The molecule has 0 saturated heterocycles. The summed E-state index contributed by atoms with van der Waals surface area (Å²) in [5.74, 6) is 4.80. The minimum Gasteiger partial charge on any atom is -0.490 e. The van der Waals surface area contributed by atoms with Crippen LogP contribution < -0.4 is 4.74 Å². The molecule has 1 nitrogen and oxygen atoms in total. The first-order valence-corrected chi connectivity index (χ1v) is 11.8. The lowest BCUT2D eigenvalue weighted by molar-refractivity contribution is -0.103. The Hall–Kier alpha value is -0.690. The third-order valence-corrected chi connectivity index (χ3v) is 9.68. The van der Waals surface area contributed by atoms with Crippen molar-refractivity contribution in [2.75, 3.05) is 0 Å². The summed E-state index contributed by atoms with van der Waals surface area (Å²) in [6, 6.07) is 7.96. The molecule has 0 N–H and O–H groups in total. The van der Waals surface area contributed by atoms with Crippen LogP contribution >= 0.6 is 11.6 Å². The third kappa shape index (κ3) is 3.04. The van der Waals surface area contributed by atoms with E-state index in [0.717, 1.165) is 34.4 Å². The van der Waals surface area contributed by atoms with E-state index in [1.54, 1.807) is 0 Å². The first-order chi connectivity index (χ1) is 13.0. The van der Waals surface area contributed by atoms with Crippen LogP contribution in [0.4, 0.5) is 0 Å². The summed E-state index contributed by atoms with van der Waals surface area (Å²) < 4.78 is 6.44. The fourth-order valence-electron chi connectivity index (χ4n) is 8.08. The zero-order chi connectivity index (χ0) is 18.6. The van der Waals surface area contributed by atoms with Crippen molar-refractivity contribution in [1.82, 2.24) is 0 Å². The van der Waals surface area contributed by atoms with E-state index in [9.17, 15) is 0 Å². The molecule has 0 radical (unpaired) electrons. The minimum atomic E-state index is 0.386. The number of hydrogen-bond acceptors (Lipinski definition) is 1. The van der Waals surface area contributed by atoms with Crippen LogP contribution in [0.25, 0.3) is 0 Å². The molecular formula is C25H35ClO. The van der Waals surface area contributed by atoms with Crippen molar-refractivity contribution in [1.29, 1.82) is 0 Å². The van der Waals surface area contributed by atoms with Crippen molar-refractivity contribution in [3.63, 3.8) is 0 Å². The molecule has 1 aromatic carbocycles. The zero-order valence-electron chi connectivity index (χ0n) is 17.1. The average molecular weight is 387 g/mol. The molecule has 5 rings (SSSR count). The van der Waals surface area contributed by atoms with Gasteiger partial charge in [0.25, 0.3) is 0 Å². The maximum Gasteiger partial charge on any atom is 0.119 e. The Balaban J connectivity index is 1.34. The van der Waals surface area contributed by atoms with Gasteiger partial charge in [0.05, 0.1) is 6.10 Å². The van der Waals surface area contributed by atoms with Gasteiger partial charge < -0.3 is 4.74 Å². The second kappa shape index (κ2) is 6.68. The first-order valence-electron chi connectivity index (χ1n) is 11.4. The van der Waals surface area contributed by atoms with Gasteiger partial charge in [-0.05, 0) is 110 Å². The van der Waals surface area contributed by atoms with E-state index in [4.69, 9.17) is 16.3 Å². The highest BCUT2D eigenvalue weighted by atomic mass is 35.5. The van der Waals surface area contributed by atoms with Gasteiger partial charge in [-0.25, -0.2) is 0 Å². The van der Waals surface area contributed by atoms with Gasteiger partial charge in [0.15, 0.2) is 0 Å². The van der Waals surface area contributed by atoms with Gasteiger partial charge in [-0.2, -0.15) is 0 Å². The summed E-state index contributed by atoms with van der Waals surface area (Å²) in [6.07, 6.45) is 14.7. The molecule has 0 aliphatic heterocycles. The van der Waals surface area contributed by atoms with E-state index < -0.39 is 0 Å². The normalized spacial score (nSPS) is 46.3. The summed E-state index contributed by atoms with van der Waals surface area (Å²) in [4.78, 5) is 0. The van der Waals surface area contributed by atoms with Gasteiger partial charge in [0, 0.05) is 5.02 Å². The Morgan fingerprint density at radius 2 is 1.74 bits per heavy atom. The van der Waals surface area contributed by atoms with Crippen LogP contribution in [0.3, 0.4) is 0 Å². The number of hydrogen-bond donors (Lipinski definition) is 0. The third-order valence-electron chi connectivity index (χ3n) is 9.43. The second-order valence-electron chi connectivity index (χ2n) is 10.7. The molecule has 27 heavy (non-hydrogen) atoms. The largest absolute Gasteiger partial charge is 0.490 e. The molecule has 7 atom stereocenters. The molecule has 2 heteroatoms. The molecule has 0 aromatic heterocycles. The molecule has 0 heterocycles. The second-order valence-corrected chi connectivity index (χ2v) is 11.2. The van der Waals surface area contributed by atoms with Crippen molar-refractivity contribution in [3.8, 4) is 5.75 Å². The Bertz CT molecular complexity index is 684. The smallest absolute Gasteiger partial charge is 0.119 e. The molecule has 4 fully saturated rings. The maximum atomic E-state index is 6.44. The summed E-state index contributed by atoms with van der Waals surface area (Å²) in [7, 11) is 0. The van der Waals surface area contributed by atoms with Gasteiger partial charge in [-0.15, -0.1) is 0 Å². The molecule has 4 aliphatic rings. The number of rotatable bonds is 2. The molecule has 4 saturated carbocycles. The Morgan fingerprint density at radius 3 is 2.56 bits per heavy atom.